The highest BCUT2D eigenvalue weighted by molar-refractivity contribution is 9.10. The Morgan fingerprint density at radius 1 is 1.06 bits per heavy atom. The maximum Gasteiger partial charge on any atom is 0.120 e. The van der Waals surface area contributed by atoms with Crippen molar-refractivity contribution in [2.75, 3.05) is 0 Å². The van der Waals surface area contributed by atoms with Crippen LogP contribution in [0.2, 0.25) is 0 Å². The number of hydrogen-bond acceptors (Lipinski definition) is 1. The van der Waals surface area contributed by atoms with Crippen molar-refractivity contribution in [1.29, 1.82) is 0 Å². The molecule has 88 valence electrons. The van der Waals surface area contributed by atoms with Gasteiger partial charge in [0.2, 0.25) is 0 Å². The summed E-state index contributed by atoms with van der Waals surface area (Å²) in [4.78, 5) is 0. The van der Waals surface area contributed by atoms with Crippen LogP contribution >= 0.6 is 15.9 Å². The Kier molecular flexibility index (Phi) is 4.21. The van der Waals surface area contributed by atoms with Crippen LogP contribution in [-0.2, 0) is 13.0 Å². The topological polar surface area (TPSA) is 9.23 Å². The fraction of sp³-hybridized carbons (Fsp3) is 0.200. The third-order valence-corrected chi connectivity index (χ3v) is 3.43. The molecule has 0 atom stereocenters. The Hall–Kier alpha value is -1.28. The van der Waals surface area contributed by atoms with Crippen LogP contribution in [0.15, 0.2) is 53.0 Å². The van der Waals surface area contributed by atoms with Crippen molar-refractivity contribution < 1.29 is 4.74 Å². The van der Waals surface area contributed by atoms with E-state index in [1.165, 1.54) is 5.56 Å². The summed E-state index contributed by atoms with van der Waals surface area (Å²) >= 11 is 3.52. The molecule has 0 aliphatic carbocycles. The van der Waals surface area contributed by atoms with E-state index in [0.717, 1.165) is 22.2 Å². The molecule has 17 heavy (non-hydrogen) atoms. The van der Waals surface area contributed by atoms with E-state index >= 15 is 0 Å². The van der Waals surface area contributed by atoms with Gasteiger partial charge in [-0.1, -0.05) is 53.2 Å². The molecule has 0 amide bonds. The first-order valence-electron chi connectivity index (χ1n) is 5.74. The summed E-state index contributed by atoms with van der Waals surface area (Å²) in [7, 11) is 0. The van der Waals surface area contributed by atoms with Crippen molar-refractivity contribution in [3.05, 3.63) is 64.1 Å². The molecule has 1 nitrogen and oxygen atoms in total. The van der Waals surface area contributed by atoms with Crippen LogP contribution in [0, 0.1) is 0 Å². The van der Waals surface area contributed by atoms with Gasteiger partial charge in [-0.25, -0.2) is 0 Å². The van der Waals surface area contributed by atoms with Gasteiger partial charge >= 0.3 is 0 Å². The van der Waals surface area contributed by atoms with Crippen molar-refractivity contribution in [1.82, 2.24) is 0 Å². The van der Waals surface area contributed by atoms with Crippen LogP contribution in [0.3, 0.4) is 0 Å². The fourth-order valence-corrected chi connectivity index (χ4v) is 2.03. The van der Waals surface area contributed by atoms with Crippen molar-refractivity contribution in [2.24, 2.45) is 0 Å². The van der Waals surface area contributed by atoms with Gasteiger partial charge in [-0.3, -0.25) is 0 Å². The molecule has 0 heterocycles. The van der Waals surface area contributed by atoms with Gasteiger partial charge in [0, 0.05) is 10.0 Å². The summed E-state index contributed by atoms with van der Waals surface area (Å²) in [6.07, 6.45) is 1.03. The average molecular weight is 291 g/mol. The van der Waals surface area contributed by atoms with E-state index in [9.17, 15) is 0 Å². The summed E-state index contributed by atoms with van der Waals surface area (Å²) in [5.74, 6) is 0.931. The van der Waals surface area contributed by atoms with Crippen molar-refractivity contribution in [3.8, 4) is 5.75 Å². The second-order valence-electron chi connectivity index (χ2n) is 3.88. The summed E-state index contributed by atoms with van der Waals surface area (Å²) in [6, 6.07) is 16.4. The first kappa shape index (κ1) is 12.2. The molecule has 0 aliphatic heterocycles. The Labute approximate surface area is 111 Å². The normalized spacial score (nSPS) is 10.2. The largest absolute Gasteiger partial charge is 0.489 e. The van der Waals surface area contributed by atoms with Crippen molar-refractivity contribution >= 4 is 15.9 Å². The zero-order chi connectivity index (χ0) is 12.1. The minimum absolute atomic E-state index is 0.592. The van der Waals surface area contributed by atoms with E-state index in [1.54, 1.807) is 0 Å². The summed E-state index contributed by atoms with van der Waals surface area (Å²) < 4.78 is 6.87. The van der Waals surface area contributed by atoms with E-state index in [-0.39, 0.29) is 0 Å². The molecule has 2 heteroatoms. The van der Waals surface area contributed by atoms with Crippen molar-refractivity contribution in [2.45, 2.75) is 20.0 Å². The molecule has 0 aromatic heterocycles. The average Bonchev–Trinajstić information content (AvgIpc) is 2.38. The smallest absolute Gasteiger partial charge is 0.120 e. The van der Waals surface area contributed by atoms with Gasteiger partial charge in [-0.2, -0.15) is 0 Å². The summed E-state index contributed by atoms with van der Waals surface area (Å²) in [5, 5.41) is 0. The predicted octanol–water partition coefficient (Wildman–Crippen LogP) is 4.59. The standard InChI is InChI=1S/C15H15BrO/c1-2-12-6-5-8-14(10-12)17-11-13-7-3-4-9-15(13)16/h3-10H,2,11H2,1H3. The monoisotopic (exact) mass is 290 g/mol. The van der Waals surface area contributed by atoms with Crippen LogP contribution < -0.4 is 4.74 Å². The zero-order valence-electron chi connectivity index (χ0n) is 9.82. The number of hydrogen-bond donors (Lipinski definition) is 0. The molecule has 0 bridgehead atoms. The minimum Gasteiger partial charge on any atom is -0.489 e. The van der Waals surface area contributed by atoms with Gasteiger partial charge in [0.25, 0.3) is 0 Å². The molecule has 0 aliphatic rings. The number of rotatable bonds is 4. The molecule has 0 radical (unpaired) electrons. The minimum atomic E-state index is 0.592. The van der Waals surface area contributed by atoms with Crippen LogP contribution in [0.1, 0.15) is 18.1 Å². The number of ether oxygens (including phenoxy) is 1. The quantitative estimate of drug-likeness (QED) is 0.800. The second kappa shape index (κ2) is 5.87. The van der Waals surface area contributed by atoms with E-state index in [1.807, 2.05) is 30.3 Å². The first-order chi connectivity index (χ1) is 8.29. The van der Waals surface area contributed by atoms with Gasteiger partial charge < -0.3 is 4.74 Å². The van der Waals surface area contributed by atoms with E-state index < -0.39 is 0 Å². The predicted molar refractivity (Wildman–Crippen MR) is 74.3 cm³/mol. The van der Waals surface area contributed by atoms with Gasteiger partial charge in [-0.15, -0.1) is 0 Å². The Morgan fingerprint density at radius 3 is 2.65 bits per heavy atom. The van der Waals surface area contributed by atoms with E-state index in [0.29, 0.717) is 6.61 Å². The third kappa shape index (κ3) is 3.34. The molecule has 0 fully saturated rings. The van der Waals surface area contributed by atoms with E-state index in [2.05, 4.69) is 41.1 Å². The van der Waals surface area contributed by atoms with Crippen LogP contribution in [0.5, 0.6) is 5.75 Å². The highest BCUT2D eigenvalue weighted by Gasteiger charge is 2.00. The van der Waals surface area contributed by atoms with Gasteiger partial charge in [-0.05, 0) is 30.2 Å². The number of aryl methyl sites for hydroxylation is 1. The van der Waals surface area contributed by atoms with Crippen molar-refractivity contribution in [3.63, 3.8) is 0 Å². The van der Waals surface area contributed by atoms with Crippen LogP contribution in [0.25, 0.3) is 0 Å². The zero-order valence-corrected chi connectivity index (χ0v) is 11.4. The molecule has 0 N–H and O–H groups in total. The second-order valence-corrected chi connectivity index (χ2v) is 4.74. The lowest BCUT2D eigenvalue weighted by atomic mass is 10.2. The molecule has 2 aromatic rings. The lowest BCUT2D eigenvalue weighted by Gasteiger charge is -2.08. The third-order valence-electron chi connectivity index (χ3n) is 2.66. The summed E-state index contributed by atoms with van der Waals surface area (Å²) in [5.41, 5.74) is 2.46. The van der Waals surface area contributed by atoms with Crippen LogP contribution in [-0.4, -0.2) is 0 Å². The van der Waals surface area contributed by atoms with Crippen LogP contribution in [0.4, 0.5) is 0 Å². The summed E-state index contributed by atoms with van der Waals surface area (Å²) in [6.45, 7) is 2.74. The fourth-order valence-electron chi connectivity index (χ4n) is 1.63. The lowest BCUT2D eigenvalue weighted by Crippen LogP contribution is -1.96. The number of halogens is 1. The van der Waals surface area contributed by atoms with E-state index in [4.69, 9.17) is 4.74 Å². The lowest BCUT2D eigenvalue weighted by molar-refractivity contribution is 0.305. The molecular weight excluding hydrogens is 276 g/mol. The molecule has 2 rings (SSSR count). The maximum atomic E-state index is 5.79. The highest BCUT2D eigenvalue weighted by atomic mass is 79.9. The SMILES string of the molecule is CCc1cccc(OCc2ccccc2Br)c1. The van der Waals surface area contributed by atoms with Gasteiger partial charge in [0.1, 0.15) is 12.4 Å². The molecule has 0 unspecified atom stereocenters. The molecule has 2 aromatic carbocycles. The Balaban J connectivity index is 2.05. The highest BCUT2D eigenvalue weighted by Crippen LogP contribution is 2.19. The molecule has 0 saturated heterocycles. The molecule has 0 spiro atoms. The van der Waals surface area contributed by atoms with Gasteiger partial charge in [0.05, 0.1) is 0 Å². The number of benzene rings is 2. The Morgan fingerprint density at radius 2 is 1.88 bits per heavy atom. The molecular formula is C15H15BrO. The van der Waals surface area contributed by atoms with Gasteiger partial charge in [0.15, 0.2) is 0 Å². The molecule has 0 saturated carbocycles. The first-order valence-corrected chi connectivity index (χ1v) is 6.54. The Bertz CT molecular complexity index is 494. The maximum absolute atomic E-state index is 5.79.